The molecule has 0 unspecified atom stereocenters. The smallest absolute Gasteiger partial charge is 0.219 e. The van der Waals surface area contributed by atoms with E-state index in [2.05, 4.69) is 11.1 Å². The van der Waals surface area contributed by atoms with Gasteiger partial charge in [0.2, 0.25) is 5.88 Å². The molecule has 0 radical (unpaired) electrons. The van der Waals surface area contributed by atoms with Crippen molar-refractivity contribution < 1.29 is 4.74 Å². The molecule has 0 bridgehead atoms. The van der Waals surface area contributed by atoms with Crippen LogP contribution in [0.2, 0.25) is 0 Å². The van der Waals surface area contributed by atoms with Crippen molar-refractivity contribution in [1.29, 1.82) is 5.26 Å². The highest BCUT2D eigenvalue weighted by atomic mass is 16.5. The van der Waals surface area contributed by atoms with Gasteiger partial charge in [-0.2, -0.15) is 5.26 Å². The first-order chi connectivity index (χ1) is 8.69. The summed E-state index contributed by atoms with van der Waals surface area (Å²) >= 11 is 0. The van der Waals surface area contributed by atoms with E-state index >= 15 is 0 Å². The van der Waals surface area contributed by atoms with E-state index in [1.54, 1.807) is 36.5 Å². The quantitative estimate of drug-likeness (QED) is 0.893. The van der Waals surface area contributed by atoms with Gasteiger partial charge in [0.05, 0.1) is 11.6 Å². The average molecular weight is 239 g/mol. The van der Waals surface area contributed by atoms with Gasteiger partial charge < -0.3 is 10.5 Å². The van der Waals surface area contributed by atoms with Crippen molar-refractivity contribution in [3.05, 3.63) is 53.7 Å². The molecule has 0 aliphatic heterocycles. The van der Waals surface area contributed by atoms with E-state index in [0.29, 0.717) is 17.2 Å². The second kappa shape index (κ2) is 5.30. The molecular formula is C14H13N3O. The zero-order valence-corrected chi connectivity index (χ0v) is 10.00. The second-order valence-corrected chi connectivity index (χ2v) is 3.96. The standard InChI is InChI=1S/C14H13N3O/c1-10(16)12-5-6-14(17-9-12)18-13-4-2-3-11(7-13)8-15/h2-7,9-10H,16H2,1H3/t10-/m1/s1. The van der Waals surface area contributed by atoms with Crippen molar-refractivity contribution in [2.75, 3.05) is 0 Å². The molecular weight excluding hydrogens is 226 g/mol. The van der Waals surface area contributed by atoms with Crippen LogP contribution in [-0.2, 0) is 0 Å². The first kappa shape index (κ1) is 12.1. The van der Waals surface area contributed by atoms with Crippen LogP contribution in [0.4, 0.5) is 0 Å². The minimum atomic E-state index is -0.0477. The molecule has 0 saturated heterocycles. The summed E-state index contributed by atoms with van der Waals surface area (Å²) in [5, 5.41) is 8.79. The van der Waals surface area contributed by atoms with Crippen molar-refractivity contribution in [2.24, 2.45) is 5.73 Å². The zero-order valence-electron chi connectivity index (χ0n) is 10.00. The van der Waals surface area contributed by atoms with E-state index in [-0.39, 0.29) is 6.04 Å². The number of rotatable bonds is 3. The summed E-state index contributed by atoms with van der Waals surface area (Å²) in [5.41, 5.74) is 7.24. The van der Waals surface area contributed by atoms with Crippen LogP contribution in [0, 0.1) is 11.3 Å². The van der Waals surface area contributed by atoms with Crippen LogP contribution < -0.4 is 10.5 Å². The van der Waals surface area contributed by atoms with Crippen LogP contribution in [0.3, 0.4) is 0 Å². The maximum Gasteiger partial charge on any atom is 0.219 e. The Hall–Kier alpha value is -2.38. The Balaban J connectivity index is 2.16. The summed E-state index contributed by atoms with van der Waals surface area (Å²) in [6, 6.07) is 12.6. The van der Waals surface area contributed by atoms with Gasteiger partial charge in [-0.05, 0) is 30.7 Å². The molecule has 0 aliphatic rings. The normalized spacial score (nSPS) is 11.6. The predicted octanol–water partition coefficient (Wildman–Crippen LogP) is 2.77. The molecule has 4 heteroatoms. The summed E-state index contributed by atoms with van der Waals surface area (Å²) in [5.74, 6) is 1.07. The van der Waals surface area contributed by atoms with Gasteiger partial charge in [-0.15, -0.1) is 0 Å². The molecule has 1 aromatic carbocycles. The topological polar surface area (TPSA) is 71.9 Å². The van der Waals surface area contributed by atoms with E-state index in [4.69, 9.17) is 15.7 Å². The number of pyridine rings is 1. The minimum Gasteiger partial charge on any atom is -0.439 e. The Labute approximate surface area is 106 Å². The van der Waals surface area contributed by atoms with Crippen LogP contribution in [0.15, 0.2) is 42.6 Å². The third-order valence-corrected chi connectivity index (χ3v) is 2.47. The van der Waals surface area contributed by atoms with Crippen molar-refractivity contribution in [1.82, 2.24) is 4.98 Å². The number of aromatic nitrogens is 1. The number of benzene rings is 1. The monoisotopic (exact) mass is 239 g/mol. The molecule has 1 atom stereocenters. The molecule has 4 nitrogen and oxygen atoms in total. The summed E-state index contributed by atoms with van der Waals surface area (Å²) in [4.78, 5) is 4.17. The Bertz CT molecular complexity index is 570. The van der Waals surface area contributed by atoms with Gasteiger partial charge in [0.1, 0.15) is 5.75 Å². The molecule has 0 amide bonds. The van der Waals surface area contributed by atoms with Gasteiger partial charge in [-0.3, -0.25) is 0 Å². The van der Waals surface area contributed by atoms with Gasteiger partial charge in [-0.1, -0.05) is 12.1 Å². The van der Waals surface area contributed by atoms with Crippen molar-refractivity contribution in [2.45, 2.75) is 13.0 Å². The average Bonchev–Trinajstić information content (AvgIpc) is 2.39. The highest BCUT2D eigenvalue weighted by Gasteiger charge is 2.02. The van der Waals surface area contributed by atoms with Crippen molar-refractivity contribution in [3.63, 3.8) is 0 Å². The lowest BCUT2D eigenvalue weighted by Gasteiger charge is -2.07. The van der Waals surface area contributed by atoms with E-state index in [9.17, 15) is 0 Å². The van der Waals surface area contributed by atoms with E-state index in [1.165, 1.54) is 0 Å². The van der Waals surface area contributed by atoms with Gasteiger partial charge in [0, 0.05) is 18.3 Å². The molecule has 0 spiro atoms. The zero-order chi connectivity index (χ0) is 13.0. The van der Waals surface area contributed by atoms with Crippen molar-refractivity contribution >= 4 is 0 Å². The fourth-order valence-electron chi connectivity index (χ4n) is 1.47. The Morgan fingerprint density at radius 3 is 2.78 bits per heavy atom. The van der Waals surface area contributed by atoms with Crippen LogP contribution >= 0.6 is 0 Å². The molecule has 0 saturated carbocycles. The van der Waals surface area contributed by atoms with Crippen LogP contribution in [0.5, 0.6) is 11.6 Å². The molecule has 2 rings (SSSR count). The first-order valence-corrected chi connectivity index (χ1v) is 5.58. The SMILES string of the molecule is C[C@@H](N)c1ccc(Oc2cccc(C#N)c2)nc1. The number of ether oxygens (including phenoxy) is 1. The van der Waals surface area contributed by atoms with Crippen LogP contribution in [0.1, 0.15) is 24.1 Å². The largest absolute Gasteiger partial charge is 0.439 e. The highest BCUT2D eigenvalue weighted by molar-refractivity contribution is 5.37. The second-order valence-electron chi connectivity index (χ2n) is 3.96. The maximum atomic E-state index is 8.79. The summed E-state index contributed by atoms with van der Waals surface area (Å²) in [7, 11) is 0. The molecule has 0 fully saturated rings. The summed E-state index contributed by atoms with van der Waals surface area (Å²) in [6.45, 7) is 1.90. The lowest BCUT2D eigenvalue weighted by Crippen LogP contribution is -2.05. The van der Waals surface area contributed by atoms with Crippen LogP contribution in [0.25, 0.3) is 0 Å². The number of hydrogen-bond acceptors (Lipinski definition) is 4. The first-order valence-electron chi connectivity index (χ1n) is 5.58. The van der Waals surface area contributed by atoms with Crippen LogP contribution in [-0.4, -0.2) is 4.98 Å². The van der Waals surface area contributed by atoms with E-state index < -0.39 is 0 Å². The fraction of sp³-hybridized carbons (Fsp3) is 0.143. The van der Waals surface area contributed by atoms with Gasteiger partial charge in [-0.25, -0.2) is 4.98 Å². The Kier molecular flexibility index (Phi) is 3.56. The van der Waals surface area contributed by atoms with Crippen molar-refractivity contribution in [3.8, 4) is 17.7 Å². The lowest BCUT2D eigenvalue weighted by atomic mass is 10.2. The lowest BCUT2D eigenvalue weighted by molar-refractivity contribution is 0.462. The van der Waals surface area contributed by atoms with E-state index in [1.807, 2.05) is 13.0 Å². The number of nitriles is 1. The highest BCUT2D eigenvalue weighted by Crippen LogP contribution is 2.21. The summed E-state index contributed by atoms with van der Waals surface area (Å²) in [6.07, 6.45) is 1.69. The molecule has 0 aliphatic carbocycles. The number of hydrogen-bond donors (Lipinski definition) is 1. The maximum absolute atomic E-state index is 8.79. The Morgan fingerprint density at radius 1 is 1.33 bits per heavy atom. The van der Waals surface area contributed by atoms with Gasteiger partial charge in [0.25, 0.3) is 0 Å². The molecule has 90 valence electrons. The predicted molar refractivity (Wildman–Crippen MR) is 68.1 cm³/mol. The third-order valence-electron chi connectivity index (χ3n) is 2.47. The molecule has 2 N–H and O–H groups in total. The third kappa shape index (κ3) is 2.84. The van der Waals surface area contributed by atoms with E-state index in [0.717, 1.165) is 5.56 Å². The van der Waals surface area contributed by atoms with Gasteiger partial charge >= 0.3 is 0 Å². The Morgan fingerprint density at radius 2 is 2.17 bits per heavy atom. The molecule has 1 aromatic heterocycles. The fourth-order valence-corrected chi connectivity index (χ4v) is 1.47. The molecule has 2 aromatic rings. The number of nitrogens with two attached hydrogens (primary N) is 1. The minimum absolute atomic E-state index is 0.0477. The van der Waals surface area contributed by atoms with Gasteiger partial charge in [0.15, 0.2) is 0 Å². The molecule has 18 heavy (non-hydrogen) atoms. The molecule has 1 heterocycles. The summed E-state index contributed by atoms with van der Waals surface area (Å²) < 4.78 is 5.55. The number of nitrogens with zero attached hydrogens (tertiary/aromatic N) is 2.